The largest absolute Gasteiger partial charge is 0.497 e. The van der Waals surface area contributed by atoms with E-state index in [9.17, 15) is 0 Å². The van der Waals surface area contributed by atoms with Gasteiger partial charge >= 0.3 is 0 Å². The fraction of sp³-hybridized carbons (Fsp3) is 0.333. The van der Waals surface area contributed by atoms with Crippen molar-refractivity contribution in [3.63, 3.8) is 0 Å². The molecule has 3 rings (SSSR count). The maximum Gasteiger partial charge on any atom is 0.231 e. The molecule has 22 heavy (non-hydrogen) atoms. The number of hydrogen-bond acceptors (Lipinski definition) is 4. The second-order valence-electron chi connectivity index (χ2n) is 5.18. The van der Waals surface area contributed by atoms with Gasteiger partial charge in [0.1, 0.15) is 11.5 Å². The minimum Gasteiger partial charge on any atom is -0.497 e. The van der Waals surface area contributed by atoms with E-state index in [0.29, 0.717) is 0 Å². The van der Waals surface area contributed by atoms with E-state index in [1.54, 1.807) is 14.2 Å². The maximum absolute atomic E-state index is 5.56. The molecule has 0 bridgehead atoms. The summed E-state index contributed by atoms with van der Waals surface area (Å²) in [5.74, 6) is 3.44. The molecule has 4 heteroatoms. The van der Waals surface area contributed by atoms with Gasteiger partial charge in [0.15, 0.2) is 11.5 Å². The Morgan fingerprint density at radius 1 is 1.00 bits per heavy atom. The molecule has 0 unspecified atom stereocenters. The molecule has 0 spiro atoms. The van der Waals surface area contributed by atoms with E-state index in [4.69, 9.17) is 18.9 Å². The van der Waals surface area contributed by atoms with Gasteiger partial charge in [0.25, 0.3) is 0 Å². The summed E-state index contributed by atoms with van der Waals surface area (Å²) in [6, 6.07) is 12.1. The highest BCUT2D eigenvalue weighted by atomic mass is 16.7. The highest BCUT2D eigenvalue weighted by Crippen LogP contribution is 2.43. The average molecular weight is 300 g/mol. The van der Waals surface area contributed by atoms with Crippen LogP contribution in [0.4, 0.5) is 0 Å². The van der Waals surface area contributed by atoms with Crippen molar-refractivity contribution in [2.24, 2.45) is 0 Å². The standard InChI is InChI=1S/C18H20O4/c1-4-14(12-5-7-13(19-2)8-6-12)15-9-17-18(22-11-21-17)10-16(15)20-3/h5-10,14H,4,11H2,1-3H3/t14-/m1/s1. The summed E-state index contributed by atoms with van der Waals surface area (Å²) in [6.45, 7) is 2.43. The third-order valence-electron chi connectivity index (χ3n) is 4.03. The van der Waals surface area contributed by atoms with Crippen LogP contribution in [0.15, 0.2) is 36.4 Å². The molecule has 1 aliphatic heterocycles. The summed E-state index contributed by atoms with van der Waals surface area (Å²) >= 11 is 0. The minimum absolute atomic E-state index is 0.232. The fourth-order valence-electron chi connectivity index (χ4n) is 2.86. The Kier molecular flexibility index (Phi) is 4.09. The topological polar surface area (TPSA) is 36.9 Å². The summed E-state index contributed by atoms with van der Waals surface area (Å²) in [7, 11) is 3.36. The predicted octanol–water partition coefficient (Wildman–Crippen LogP) is 3.97. The van der Waals surface area contributed by atoms with Crippen LogP contribution < -0.4 is 18.9 Å². The third kappa shape index (κ3) is 2.56. The molecule has 1 atom stereocenters. The van der Waals surface area contributed by atoms with Crippen LogP contribution >= 0.6 is 0 Å². The Labute approximate surface area is 130 Å². The van der Waals surface area contributed by atoms with E-state index in [-0.39, 0.29) is 12.7 Å². The number of methoxy groups -OCH3 is 2. The number of ether oxygens (including phenoxy) is 4. The van der Waals surface area contributed by atoms with Gasteiger partial charge < -0.3 is 18.9 Å². The number of benzene rings is 2. The van der Waals surface area contributed by atoms with Crippen LogP contribution in [-0.2, 0) is 0 Å². The van der Waals surface area contributed by atoms with Crippen molar-refractivity contribution < 1.29 is 18.9 Å². The van der Waals surface area contributed by atoms with Gasteiger partial charge in [-0.15, -0.1) is 0 Å². The molecule has 4 nitrogen and oxygen atoms in total. The second kappa shape index (κ2) is 6.18. The van der Waals surface area contributed by atoms with Crippen molar-refractivity contribution in [3.05, 3.63) is 47.5 Å². The molecule has 0 saturated carbocycles. The third-order valence-corrected chi connectivity index (χ3v) is 4.03. The Hall–Kier alpha value is -2.36. The highest BCUT2D eigenvalue weighted by molar-refractivity contribution is 5.55. The lowest BCUT2D eigenvalue weighted by Gasteiger charge is -2.20. The molecule has 116 valence electrons. The minimum atomic E-state index is 0.232. The average Bonchev–Trinajstić information content (AvgIpc) is 3.02. The van der Waals surface area contributed by atoms with Gasteiger partial charge in [0.2, 0.25) is 6.79 Å². The van der Waals surface area contributed by atoms with Gasteiger partial charge in [0.05, 0.1) is 14.2 Å². The van der Waals surface area contributed by atoms with E-state index in [1.165, 1.54) is 5.56 Å². The molecular formula is C18H20O4. The van der Waals surface area contributed by atoms with Crippen molar-refractivity contribution in [1.29, 1.82) is 0 Å². The molecule has 1 aliphatic rings. The van der Waals surface area contributed by atoms with Crippen LogP contribution in [0.1, 0.15) is 30.4 Å². The lowest BCUT2D eigenvalue weighted by atomic mass is 9.88. The van der Waals surface area contributed by atoms with E-state index in [2.05, 4.69) is 19.1 Å². The molecule has 0 saturated heterocycles. The fourth-order valence-corrected chi connectivity index (χ4v) is 2.86. The van der Waals surface area contributed by atoms with Gasteiger partial charge in [-0.2, -0.15) is 0 Å². The van der Waals surface area contributed by atoms with Crippen LogP contribution in [0.25, 0.3) is 0 Å². The van der Waals surface area contributed by atoms with Crippen LogP contribution in [0, 0.1) is 0 Å². The Balaban J connectivity index is 2.02. The first kappa shape index (κ1) is 14.6. The van der Waals surface area contributed by atoms with Crippen molar-refractivity contribution in [2.75, 3.05) is 21.0 Å². The van der Waals surface area contributed by atoms with Gasteiger partial charge in [0, 0.05) is 17.5 Å². The lowest BCUT2D eigenvalue weighted by Crippen LogP contribution is -2.03. The molecule has 2 aromatic rings. The van der Waals surface area contributed by atoms with E-state index < -0.39 is 0 Å². The molecule has 0 aliphatic carbocycles. The quantitative estimate of drug-likeness (QED) is 0.837. The highest BCUT2D eigenvalue weighted by Gasteiger charge is 2.23. The smallest absolute Gasteiger partial charge is 0.231 e. The molecule has 0 fully saturated rings. The number of rotatable bonds is 5. The first-order valence-corrected chi connectivity index (χ1v) is 7.38. The van der Waals surface area contributed by atoms with Crippen molar-refractivity contribution in [1.82, 2.24) is 0 Å². The predicted molar refractivity (Wildman–Crippen MR) is 84.2 cm³/mol. The lowest BCUT2D eigenvalue weighted by molar-refractivity contribution is 0.174. The Morgan fingerprint density at radius 2 is 1.68 bits per heavy atom. The van der Waals surface area contributed by atoms with E-state index in [1.807, 2.05) is 24.3 Å². The van der Waals surface area contributed by atoms with Crippen molar-refractivity contribution in [2.45, 2.75) is 19.3 Å². The molecule has 2 aromatic carbocycles. The zero-order valence-corrected chi connectivity index (χ0v) is 13.1. The van der Waals surface area contributed by atoms with Crippen LogP contribution in [0.3, 0.4) is 0 Å². The number of fused-ring (bicyclic) bond motifs is 1. The second-order valence-corrected chi connectivity index (χ2v) is 5.18. The first-order chi connectivity index (χ1) is 10.8. The van der Waals surface area contributed by atoms with E-state index >= 15 is 0 Å². The SMILES string of the molecule is CC[C@H](c1ccc(OC)cc1)c1cc2c(cc1OC)OCO2. The van der Waals surface area contributed by atoms with Crippen molar-refractivity contribution in [3.8, 4) is 23.0 Å². The molecule has 0 aromatic heterocycles. The molecule has 0 amide bonds. The first-order valence-electron chi connectivity index (χ1n) is 7.38. The van der Waals surface area contributed by atoms with Crippen molar-refractivity contribution >= 4 is 0 Å². The molecular weight excluding hydrogens is 280 g/mol. The monoisotopic (exact) mass is 300 g/mol. The zero-order valence-electron chi connectivity index (χ0n) is 13.1. The molecule has 0 N–H and O–H groups in total. The van der Waals surface area contributed by atoms with Crippen LogP contribution in [0.5, 0.6) is 23.0 Å². The van der Waals surface area contributed by atoms with Gasteiger partial charge in [-0.05, 0) is 30.2 Å². The summed E-state index contributed by atoms with van der Waals surface area (Å²) in [6.07, 6.45) is 0.961. The van der Waals surface area contributed by atoms with Gasteiger partial charge in [-0.1, -0.05) is 19.1 Å². The summed E-state index contributed by atoms with van der Waals surface area (Å²) in [4.78, 5) is 0. The molecule has 0 radical (unpaired) electrons. The summed E-state index contributed by atoms with van der Waals surface area (Å²) < 4.78 is 21.7. The maximum atomic E-state index is 5.56. The van der Waals surface area contributed by atoms with Crippen LogP contribution in [-0.4, -0.2) is 21.0 Å². The Morgan fingerprint density at radius 3 is 2.27 bits per heavy atom. The normalized spacial score (nSPS) is 13.8. The molecule has 1 heterocycles. The Bertz CT molecular complexity index is 649. The summed E-state index contributed by atoms with van der Waals surface area (Å²) in [5, 5.41) is 0. The number of hydrogen-bond donors (Lipinski definition) is 0. The zero-order chi connectivity index (χ0) is 15.5. The van der Waals surface area contributed by atoms with Gasteiger partial charge in [-0.25, -0.2) is 0 Å². The van der Waals surface area contributed by atoms with Gasteiger partial charge in [-0.3, -0.25) is 0 Å². The van der Waals surface area contributed by atoms with E-state index in [0.717, 1.165) is 35.0 Å². The summed E-state index contributed by atoms with van der Waals surface area (Å²) in [5.41, 5.74) is 2.33. The van der Waals surface area contributed by atoms with Crippen LogP contribution in [0.2, 0.25) is 0 Å².